The molecule has 2 aliphatic rings. The van der Waals surface area contributed by atoms with Crippen molar-refractivity contribution in [3.63, 3.8) is 0 Å². The summed E-state index contributed by atoms with van der Waals surface area (Å²) in [7, 11) is 0. The minimum atomic E-state index is -5.08. The fourth-order valence-electron chi connectivity index (χ4n) is 3.51. The number of benzene rings is 1. The van der Waals surface area contributed by atoms with Crippen molar-refractivity contribution in [2.75, 3.05) is 26.2 Å². The first-order chi connectivity index (χ1) is 14.1. The van der Waals surface area contributed by atoms with Crippen LogP contribution < -0.4 is 5.32 Å². The molecule has 0 bridgehead atoms. The summed E-state index contributed by atoms with van der Waals surface area (Å²) in [6.07, 6.45) is -3.93. The number of likely N-dealkylation sites (tertiary alicyclic amines) is 1. The van der Waals surface area contributed by atoms with Crippen LogP contribution in [0.3, 0.4) is 0 Å². The summed E-state index contributed by atoms with van der Waals surface area (Å²) in [4.78, 5) is 28.1. The first kappa shape index (κ1) is 22.0. The molecule has 7 nitrogen and oxygen atoms in total. The zero-order valence-corrected chi connectivity index (χ0v) is 16.5. The molecule has 0 spiro atoms. The Balaban J connectivity index is 0.000000318. The van der Waals surface area contributed by atoms with Gasteiger partial charge in [-0.2, -0.15) is 13.2 Å². The van der Waals surface area contributed by atoms with Crippen LogP contribution in [0.15, 0.2) is 29.6 Å². The van der Waals surface area contributed by atoms with Crippen LogP contribution in [0.5, 0.6) is 5.75 Å². The standard InChI is InChI=1S/C17H19N3O2S.C2HF3O2/c21-14-3-1-11(2-4-14)16-19-15(10-23-16)17(22)20-8-12-5-6-18-7-13(12)9-20;3-2(4,5)1(6)7/h1-4,10,12-13,18,21H,5-9H2;(H,6,7)/t12-,13+;/m0./s1. The molecule has 0 unspecified atom stereocenters. The summed E-state index contributed by atoms with van der Waals surface area (Å²) in [5.74, 6) is -1.26. The van der Waals surface area contributed by atoms with E-state index in [9.17, 15) is 23.1 Å². The van der Waals surface area contributed by atoms with E-state index in [0.717, 1.165) is 43.2 Å². The molecule has 1 amide bonds. The lowest BCUT2D eigenvalue weighted by atomic mass is 9.90. The number of carboxylic acids is 1. The number of nitrogens with zero attached hydrogens (tertiary/aromatic N) is 2. The summed E-state index contributed by atoms with van der Waals surface area (Å²) >= 11 is 1.47. The number of carbonyl (C=O) groups excluding carboxylic acids is 1. The van der Waals surface area contributed by atoms with E-state index in [-0.39, 0.29) is 11.7 Å². The van der Waals surface area contributed by atoms with Gasteiger partial charge in [0, 0.05) is 24.0 Å². The van der Waals surface area contributed by atoms with E-state index in [0.29, 0.717) is 17.5 Å². The molecule has 11 heteroatoms. The first-order valence-electron chi connectivity index (χ1n) is 9.20. The van der Waals surface area contributed by atoms with Gasteiger partial charge in [0.15, 0.2) is 0 Å². The Morgan fingerprint density at radius 2 is 1.80 bits per heavy atom. The Hall–Kier alpha value is -2.66. The van der Waals surface area contributed by atoms with E-state index in [1.165, 1.54) is 11.3 Å². The smallest absolute Gasteiger partial charge is 0.490 e. The maximum atomic E-state index is 12.7. The molecule has 1 aromatic heterocycles. The van der Waals surface area contributed by atoms with E-state index in [2.05, 4.69) is 10.3 Å². The average molecular weight is 443 g/mol. The number of aromatic hydroxyl groups is 1. The summed E-state index contributed by atoms with van der Waals surface area (Å²) < 4.78 is 31.7. The highest BCUT2D eigenvalue weighted by Crippen LogP contribution is 2.30. The molecule has 3 N–H and O–H groups in total. The Morgan fingerprint density at radius 3 is 2.40 bits per heavy atom. The molecular weight excluding hydrogens is 423 g/mol. The summed E-state index contributed by atoms with van der Waals surface area (Å²) in [5, 5.41) is 22.5. The summed E-state index contributed by atoms with van der Waals surface area (Å²) in [6, 6.07) is 6.91. The number of aromatic nitrogens is 1. The van der Waals surface area contributed by atoms with Crippen molar-refractivity contribution in [1.29, 1.82) is 0 Å². The van der Waals surface area contributed by atoms with Crippen LogP contribution in [0, 0.1) is 11.8 Å². The van der Waals surface area contributed by atoms with Gasteiger partial charge in [-0.05, 0) is 55.6 Å². The third kappa shape index (κ3) is 5.28. The van der Waals surface area contributed by atoms with Gasteiger partial charge in [0.25, 0.3) is 5.91 Å². The molecule has 2 atom stereocenters. The van der Waals surface area contributed by atoms with Crippen LogP contribution in [0.2, 0.25) is 0 Å². The number of amides is 1. The first-order valence-corrected chi connectivity index (χ1v) is 10.1. The van der Waals surface area contributed by atoms with Gasteiger partial charge in [-0.3, -0.25) is 4.79 Å². The number of aliphatic carboxylic acids is 1. The minimum Gasteiger partial charge on any atom is -0.508 e. The van der Waals surface area contributed by atoms with Crippen LogP contribution in [0.4, 0.5) is 13.2 Å². The molecule has 0 aliphatic carbocycles. The van der Waals surface area contributed by atoms with E-state index in [1.807, 2.05) is 22.4 Å². The van der Waals surface area contributed by atoms with Crippen LogP contribution in [-0.2, 0) is 4.79 Å². The SMILES string of the molecule is O=C(O)C(F)(F)F.O=C(c1csc(-c2ccc(O)cc2)n1)N1C[C@H]2CNCC[C@H]2C1. The number of fused-ring (bicyclic) bond motifs is 1. The van der Waals surface area contributed by atoms with Crippen molar-refractivity contribution in [1.82, 2.24) is 15.2 Å². The number of thiazole rings is 1. The second-order valence-corrected chi connectivity index (χ2v) is 7.97. The molecule has 4 rings (SSSR count). The van der Waals surface area contributed by atoms with E-state index < -0.39 is 12.1 Å². The fourth-order valence-corrected chi connectivity index (χ4v) is 4.31. The fraction of sp³-hybridized carbons (Fsp3) is 0.421. The topological polar surface area (TPSA) is 103 Å². The van der Waals surface area contributed by atoms with Crippen molar-refractivity contribution in [2.24, 2.45) is 11.8 Å². The van der Waals surface area contributed by atoms with Gasteiger partial charge < -0.3 is 20.4 Å². The number of halogens is 3. The number of hydrogen-bond acceptors (Lipinski definition) is 6. The quantitative estimate of drug-likeness (QED) is 0.660. The highest BCUT2D eigenvalue weighted by molar-refractivity contribution is 7.13. The van der Waals surface area contributed by atoms with Crippen LogP contribution in [0.1, 0.15) is 16.9 Å². The van der Waals surface area contributed by atoms with Gasteiger partial charge >= 0.3 is 12.1 Å². The second kappa shape index (κ2) is 9.00. The van der Waals surface area contributed by atoms with E-state index in [4.69, 9.17) is 9.90 Å². The number of piperidine rings is 1. The second-order valence-electron chi connectivity index (χ2n) is 7.11. The number of phenolic OH excluding ortho intramolecular Hbond substituents is 1. The third-order valence-corrected chi connectivity index (χ3v) is 5.93. The van der Waals surface area contributed by atoms with Gasteiger partial charge in [0.1, 0.15) is 16.5 Å². The molecule has 3 heterocycles. The molecule has 2 fully saturated rings. The minimum absolute atomic E-state index is 0.0423. The van der Waals surface area contributed by atoms with Gasteiger partial charge in [-0.15, -0.1) is 11.3 Å². The van der Waals surface area contributed by atoms with Crippen molar-refractivity contribution in [2.45, 2.75) is 12.6 Å². The largest absolute Gasteiger partial charge is 0.508 e. The van der Waals surface area contributed by atoms with Crippen LogP contribution in [0.25, 0.3) is 10.6 Å². The van der Waals surface area contributed by atoms with Crippen LogP contribution >= 0.6 is 11.3 Å². The lowest BCUT2D eigenvalue weighted by molar-refractivity contribution is -0.192. The molecule has 30 heavy (non-hydrogen) atoms. The monoisotopic (exact) mass is 443 g/mol. The lowest BCUT2D eigenvalue weighted by Crippen LogP contribution is -2.35. The Morgan fingerprint density at radius 1 is 1.17 bits per heavy atom. The Labute approximate surface area is 174 Å². The molecule has 1 aromatic carbocycles. The Bertz CT molecular complexity index is 887. The number of nitrogens with one attached hydrogen (secondary N) is 1. The predicted molar refractivity (Wildman–Crippen MR) is 103 cm³/mol. The predicted octanol–water partition coefficient (Wildman–Crippen LogP) is 2.83. The van der Waals surface area contributed by atoms with Crippen molar-refractivity contribution in [3.05, 3.63) is 35.3 Å². The lowest BCUT2D eigenvalue weighted by Gasteiger charge is -2.23. The number of carbonyl (C=O) groups is 2. The van der Waals surface area contributed by atoms with Gasteiger partial charge in [-0.1, -0.05) is 0 Å². The molecule has 2 aromatic rings. The number of phenols is 1. The molecule has 0 radical (unpaired) electrons. The normalized spacial score (nSPS) is 20.8. The number of rotatable bonds is 2. The summed E-state index contributed by atoms with van der Waals surface area (Å²) in [5.41, 5.74) is 1.45. The molecule has 0 saturated carbocycles. The maximum absolute atomic E-state index is 12.7. The average Bonchev–Trinajstić information content (AvgIpc) is 3.35. The zero-order valence-electron chi connectivity index (χ0n) is 15.7. The number of alkyl halides is 3. The van der Waals surface area contributed by atoms with Gasteiger partial charge in [-0.25, -0.2) is 9.78 Å². The molecule has 2 aliphatic heterocycles. The third-order valence-electron chi connectivity index (χ3n) is 5.04. The van der Waals surface area contributed by atoms with Crippen LogP contribution in [-0.4, -0.2) is 64.3 Å². The van der Waals surface area contributed by atoms with E-state index >= 15 is 0 Å². The van der Waals surface area contributed by atoms with Crippen molar-refractivity contribution >= 4 is 23.2 Å². The van der Waals surface area contributed by atoms with Gasteiger partial charge in [0.2, 0.25) is 0 Å². The maximum Gasteiger partial charge on any atom is 0.490 e. The van der Waals surface area contributed by atoms with Crippen molar-refractivity contribution < 1.29 is 33.0 Å². The molecular formula is C19H20F3N3O4S. The molecule has 162 valence electrons. The van der Waals surface area contributed by atoms with Crippen molar-refractivity contribution in [3.8, 4) is 16.3 Å². The zero-order chi connectivity index (χ0) is 21.9. The number of hydrogen-bond donors (Lipinski definition) is 3. The highest BCUT2D eigenvalue weighted by Gasteiger charge is 2.38. The highest BCUT2D eigenvalue weighted by atomic mass is 32.1. The Kier molecular flexibility index (Phi) is 6.61. The van der Waals surface area contributed by atoms with E-state index in [1.54, 1.807) is 12.1 Å². The summed E-state index contributed by atoms with van der Waals surface area (Å²) in [6.45, 7) is 3.77. The number of carboxylic acid groups (broad SMARTS) is 1. The van der Waals surface area contributed by atoms with Gasteiger partial charge in [0.05, 0.1) is 0 Å². The molecule has 2 saturated heterocycles.